The summed E-state index contributed by atoms with van der Waals surface area (Å²) in [6, 6.07) is 15.7. The van der Waals surface area contributed by atoms with Gasteiger partial charge in [0.1, 0.15) is 11.6 Å². The van der Waals surface area contributed by atoms with Crippen LogP contribution in [0.3, 0.4) is 0 Å². The Morgan fingerprint density at radius 3 is 2.36 bits per heavy atom. The molecule has 0 aliphatic carbocycles. The number of phenolic OH excluding ortho intramolecular Hbond substituents is 1. The molecular formula is C24H20ClFN2O4S. The van der Waals surface area contributed by atoms with Gasteiger partial charge in [-0.15, -0.1) is 0 Å². The van der Waals surface area contributed by atoms with Crippen LogP contribution in [0.25, 0.3) is 5.57 Å². The molecule has 1 heterocycles. The third-order valence-electron chi connectivity index (χ3n) is 5.32. The van der Waals surface area contributed by atoms with E-state index in [9.17, 15) is 22.7 Å². The Morgan fingerprint density at radius 2 is 1.73 bits per heavy atom. The topological polar surface area (TPSA) is 86.7 Å². The van der Waals surface area contributed by atoms with E-state index in [2.05, 4.69) is 4.72 Å². The molecule has 6 nitrogen and oxygen atoms in total. The van der Waals surface area contributed by atoms with Gasteiger partial charge in [-0.3, -0.25) is 9.52 Å². The van der Waals surface area contributed by atoms with Crippen molar-refractivity contribution in [3.05, 3.63) is 94.8 Å². The molecule has 4 rings (SSSR count). The summed E-state index contributed by atoms with van der Waals surface area (Å²) in [5.41, 5.74) is 2.42. The Morgan fingerprint density at radius 1 is 1.03 bits per heavy atom. The van der Waals surface area contributed by atoms with Crippen LogP contribution in [0.2, 0.25) is 5.02 Å². The summed E-state index contributed by atoms with van der Waals surface area (Å²) < 4.78 is 40.8. The first-order chi connectivity index (χ1) is 15.7. The van der Waals surface area contributed by atoms with Crippen LogP contribution >= 0.6 is 11.6 Å². The molecule has 0 spiro atoms. The van der Waals surface area contributed by atoms with E-state index in [0.29, 0.717) is 19.5 Å². The molecule has 0 radical (unpaired) electrons. The first-order valence-corrected chi connectivity index (χ1v) is 11.9. The van der Waals surface area contributed by atoms with E-state index < -0.39 is 15.8 Å². The molecule has 0 unspecified atom stereocenters. The Bertz CT molecular complexity index is 1320. The molecule has 2 N–H and O–H groups in total. The molecule has 33 heavy (non-hydrogen) atoms. The summed E-state index contributed by atoms with van der Waals surface area (Å²) in [6.45, 7) is 0.888. The molecule has 3 aromatic rings. The highest BCUT2D eigenvalue weighted by atomic mass is 35.5. The van der Waals surface area contributed by atoms with Crippen molar-refractivity contribution >= 4 is 38.8 Å². The zero-order chi connectivity index (χ0) is 23.6. The first kappa shape index (κ1) is 22.8. The van der Waals surface area contributed by atoms with Gasteiger partial charge in [0.05, 0.1) is 15.6 Å². The van der Waals surface area contributed by atoms with E-state index in [1.54, 1.807) is 23.1 Å². The predicted molar refractivity (Wildman–Crippen MR) is 125 cm³/mol. The number of rotatable bonds is 5. The molecule has 0 aromatic heterocycles. The number of anilines is 1. The number of halogens is 2. The van der Waals surface area contributed by atoms with Gasteiger partial charge < -0.3 is 10.0 Å². The summed E-state index contributed by atoms with van der Waals surface area (Å²) in [4.78, 5) is 14.6. The minimum absolute atomic E-state index is 0.0594. The van der Waals surface area contributed by atoms with Gasteiger partial charge in [-0.25, -0.2) is 12.8 Å². The fourth-order valence-electron chi connectivity index (χ4n) is 3.53. The molecule has 0 saturated carbocycles. The standard InChI is InChI=1S/C24H20ClFN2O4S/c25-22-10-3-18(15-23(22)27-33(31,32)21-8-4-19(26)5-9-21)24(30)28-13-11-17(12-14-28)16-1-6-20(29)7-2-16/h1-11,15,27,29H,12-14H2. The minimum Gasteiger partial charge on any atom is -0.508 e. The van der Waals surface area contributed by atoms with Gasteiger partial charge in [-0.1, -0.05) is 29.8 Å². The number of sulfonamides is 1. The Balaban J connectivity index is 1.51. The maximum absolute atomic E-state index is 13.1. The van der Waals surface area contributed by atoms with Crippen molar-refractivity contribution in [1.29, 1.82) is 0 Å². The highest BCUT2D eigenvalue weighted by Crippen LogP contribution is 2.28. The molecule has 9 heteroatoms. The van der Waals surface area contributed by atoms with Crippen LogP contribution in [0.5, 0.6) is 5.75 Å². The van der Waals surface area contributed by atoms with Gasteiger partial charge in [-0.2, -0.15) is 0 Å². The fraction of sp³-hybridized carbons (Fsp3) is 0.125. The number of aromatic hydroxyl groups is 1. The van der Waals surface area contributed by atoms with Gasteiger partial charge in [0, 0.05) is 18.7 Å². The highest BCUT2D eigenvalue weighted by Gasteiger charge is 2.22. The summed E-state index contributed by atoms with van der Waals surface area (Å²) in [5, 5.41) is 9.57. The lowest BCUT2D eigenvalue weighted by molar-refractivity contribution is 0.0773. The summed E-state index contributed by atoms with van der Waals surface area (Å²) in [6.07, 6.45) is 2.61. The zero-order valence-electron chi connectivity index (χ0n) is 17.3. The maximum Gasteiger partial charge on any atom is 0.261 e. The second-order valence-corrected chi connectivity index (χ2v) is 9.62. The summed E-state index contributed by atoms with van der Waals surface area (Å²) in [5.74, 6) is -0.612. The van der Waals surface area contributed by atoms with Crippen molar-refractivity contribution in [2.45, 2.75) is 11.3 Å². The summed E-state index contributed by atoms with van der Waals surface area (Å²) >= 11 is 6.16. The fourth-order valence-corrected chi connectivity index (χ4v) is 4.82. The average Bonchev–Trinajstić information content (AvgIpc) is 2.81. The van der Waals surface area contributed by atoms with E-state index >= 15 is 0 Å². The second kappa shape index (κ2) is 9.25. The van der Waals surface area contributed by atoms with Gasteiger partial charge in [0.2, 0.25) is 0 Å². The number of hydrogen-bond donors (Lipinski definition) is 2. The van der Waals surface area contributed by atoms with Crippen molar-refractivity contribution in [3.63, 3.8) is 0 Å². The van der Waals surface area contributed by atoms with Crippen LogP contribution < -0.4 is 4.72 Å². The molecule has 3 aromatic carbocycles. The maximum atomic E-state index is 13.1. The number of hydrogen-bond acceptors (Lipinski definition) is 4. The average molecular weight is 487 g/mol. The molecule has 1 amide bonds. The van der Waals surface area contributed by atoms with Crippen LogP contribution in [0, 0.1) is 5.82 Å². The van der Waals surface area contributed by atoms with Gasteiger partial charge in [0.25, 0.3) is 15.9 Å². The molecule has 170 valence electrons. The summed E-state index contributed by atoms with van der Waals surface area (Å²) in [7, 11) is -4.01. The van der Waals surface area contributed by atoms with Crippen molar-refractivity contribution in [3.8, 4) is 5.75 Å². The zero-order valence-corrected chi connectivity index (χ0v) is 18.9. The minimum atomic E-state index is -4.01. The second-order valence-electron chi connectivity index (χ2n) is 7.53. The number of nitrogens with zero attached hydrogens (tertiary/aromatic N) is 1. The quantitative estimate of drug-likeness (QED) is 0.536. The van der Waals surface area contributed by atoms with Crippen LogP contribution in [0.15, 0.2) is 77.7 Å². The predicted octanol–water partition coefficient (Wildman–Crippen LogP) is 4.92. The van der Waals surface area contributed by atoms with Crippen LogP contribution in [0.1, 0.15) is 22.3 Å². The lowest BCUT2D eigenvalue weighted by atomic mass is 9.99. The number of phenols is 1. The highest BCUT2D eigenvalue weighted by molar-refractivity contribution is 7.92. The largest absolute Gasteiger partial charge is 0.508 e. The number of nitrogens with one attached hydrogen (secondary N) is 1. The SMILES string of the molecule is O=C(c1ccc(Cl)c(NS(=O)(=O)c2ccc(F)cc2)c1)N1CC=C(c2ccc(O)cc2)CC1. The normalized spacial score (nSPS) is 14.0. The van der Waals surface area contributed by atoms with Crippen molar-refractivity contribution in [1.82, 2.24) is 4.90 Å². The Labute approximate surface area is 196 Å². The van der Waals surface area contributed by atoms with E-state index in [-0.39, 0.29) is 32.8 Å². The van der Waals surface area contributed by atoms with E-state index in [4.69, 9.17) is 11.6 Å². The molecule has 0 atom stereocenters. The molecule has 0 fully saturated rings. The molecule has 0 saturated heterocycles. The lowest BCUT2D eigenvalue weighted by Gasteiger charge is -2.27. The molecule has 1 aliphatic heterocycles. The molecular weight excluding hydrogens is 467 g/mol. The Kier molecular flexibility index (Phi) is 6.40. The van der Waals surface area contributed by atoms with Crippen LogP contribution in [-0.4, -0.2) is 37.4 Å². The van der Waals surface area contributed by atoms with Crippen LogP contribution in [-0.2, 0) is 10.0 Å². The smallest absolute Gasteiger partial charge is 0.261 e. The van der Waals surface area contributed by atoms with Crippen molar-refractivity contribution in [2.75, 3.05) is 17.8 Å². The number of benzene rings is 3. The van der Waals surface area contributed by atoms with Gasteiger partial charge in [0.15, 0.2) is 0 Å². The van der Waals surface area contributed by atoms with Crippen molar-refractivity contribution < 1.29 is 22.7 Å². The van der Waals surface area contributed by atoms with Crippen LogP contribution in [0.4, 0.5) is 10.1 Å². The van der Waals surface area contributed by atoms with E-state index in [1.807, 2.05) is 18.2 Å². The molecule has 1 aliphatic rings. The third kappa shape index (κ3) is 5.18. The number of carbonyl (C=O) groups is 1. The van der Waals surface area contributed by atoms with Crippen molar-refractivity contribution in [2.24, 2.45) is 0 Å². The first-order valence-electron chi connectivity index (χ1n) is 10.1. The monoisotopic (exact) mass is 486 g/mol. The molecule has 0 bridgehead atoms. The number of carbonyl (C=O) groups excluding carboxylic acids is 1. The van der Waals surface area contributed by atoms with Gasteiger partial charge in [-0.05, 0) is 72.2 Å². The van der Waals surface area contributed by atoms with E-state index in [1.165, 1.54) is 12.1 Å². The third-order valence-corrected chi connectivity index (χ3v) is 7.03. The Hall–Kier alpha value is -3.36. The van der Waals surface area contributed by atoms with E-state index in [0.717, 1.165) is 35.4 Å². The van der Waals surface area contributed by atoms with Gasteiger partial charge >= 0.3 is 0 Å². The number of amides is 1. The lowest BCUT2D eigenvalue weighted by Crippen LogP contribution is -2.34.